The molecule has 1 atom stereocenters. The first-order valence-electron chi connectivity index (χ1n) is 8.81. The fraction of sp³-hybridized carbons (Fsp3) is 0.632. The van der Waals surface area contributed by atoms with E-state index >= 15 is 0 Å². The van der Waals surface area contributed by atoms with E-state index in [1.165, 1.54) is 38.5 Å². The summed E-state index contributed by atoms with van der Waals surface area (Å²) in [5, 5.41) is 3.52. The Morgan fingerprint density at radius 1 is 1.04 bits per heavy atom. The van der Waals surface area contributed by atoms with Crippen molar-refractivity contribution in [1.82, 2.24) is 5.32 Å². The zero-order valence-corrected chi connectivity index (χ0v) is 14.6. The van der Waals surface area contributed by atoms with Crippen molar-refractivity contribution in [1.29, 1.82) is 0 Å². The van der Waals surface area contributed by atoms with E-state index in [0.717, 1.165) is 36.7 Å². The molecule has 0 amide bonds. The van der Waals surface area contributed by atoms with Crippen LogP contribution < -0.4 is 10.1 Å². The molecule has 1 N–H and O–H groups in total. The smallest absolute Gasteiger partial charge is 0.173 e. The third kappa shape index (κ3) is 4.95. The van der Waals surface area contributed by atoms with Crippen molar-refractivity contribution in [3.63, 3.8) is 0 Å². The van der Waals surface area contributed by atoms with E-state index in [9.17, 15) is 4.79 Å². The molecule has 3 nitrogen and oxygen atoms in total. The topological polar surface area (TPSA) is 38.3 Å². The molecule has 1 heterocycles. The molecule has 1 fully saturated rings. The Morgan fingerprint density at radius 2 is 1.78 bits per heavy atom. The first-order valence-corrected chi connectivity index (χ1v) is 8.81. The van der Waals surface area contributed by atoms with Crippen molar-refractivity contribution in [2.75, 3.05) is 19.7 Å². The second-order valence-corrected chi connectivity index (χ2v) is 6.70. The van der Waals surface area contributed by atoms with E-state index in [-0.39, 0.29) is 24.1 Å². The predicted molar refractivity (Wildman–Crippen MR) is 95.7 cm³/mol. The monoisotopic (exact) mass is 337 g/mol. The van der Waals surface area contributed by atoms with Gasteiger partial charge < -0.3 is 10.1 Å². The van der Waals surface area contributed by atoms with Gasteiger partial charge in [-0.15, -0.1) is 12.4 Å². The predicted octanol–water partition coefficient (Wildman–Crippen LogP) is 4.25. The van der Waals surface area contributed by atoms with E-state index in [2.05, 4.69) is 5.32 Å². The van der Waals surface area contributed by atoms with Crippen LogP contribution in [0.15, 0.2) is 24.3 Å². The first-order chi connectivity index (χ1) is 10.8. The Bertz CT molecular complexity index is 500. The minimum Gasteiger partial charge on any atom is -0.492 e. The molecule has 128 valence electrons. The summed E-state index contributed by atoms with van der Waals surface area (Å²) in [6.07, 6.45) is 9.24. The third-order valence-electron chi connectivity index (χ3n) is 5.09. The highest BCUT2D eigenvalue weighted by Gasteiger charge is 2.27. The Morgan fingerprint density at radius 3 is 2.61 bits per heavy atom. The molecule has 1 aliphatic carbocycles. The first kappa shape index (κ1) is 18.3. The molecule has 1 saturated carbocycles. The SMILES string of the molecule is Cl.O=C1c2ccccc2OCC1CCNCCC1CCCCC1. The Kier molecular flexibility index (Phi) is 7.38. The quantitative estimate of drug-likeness (QED) is 0.789. The number of ether oxygens (including phenoxy) is 1. The van der Waals surface area contributed by atoms with Gasteiger partial charge in [0.05, 0.1) is 18.1 Å². The van der Waals surface area contributed by atoms with E-state index in [1.54, 1.807) is 0 Å². The number of hydrogen-bond donors (Lipinski definition) is 1. The third-order valence-corrected chi connectivity index (χ3v) is 5.09. The fourth-order valence-electron chi connectivity index (χ4n) is 3.68. The number of Topliss-reactive ketones (excluding diaryl/α,β-unsaturated/α-hetero) is 1. The van der Waals surface area contributed by atoms with Crippen LogP contribution in [0.5, 0.6) is 5.75 Å². The van der Waals surface area contributed by atoms with Gasteiger partial charge in [-0.3, -0.25) is 4.79 Å². The highest BCUT2D eigenvalue weighted by molar-refractivity contribution is 6.01. The molecular formula is C19H28ClNO2. The lowest BCUT2D eigenvalue weighted by Crippen LogP contribution is -2.31. The average molecular weight is 338 g/mol. The maximum atomic E-state index is 12.4. The summed E-state index contributed by atoms with van der Waals surface area (Å²) in [4.78, 5) is 12.4. The van der Waals surface area contributed by atoms with Gasteiger partial charge in [0, 0.05) is 0 Å². The second-order valence-electron chi connectivity index (χ2n) is 6.70. The van der Waals surface area contributed by atoms with Gasteiger partial charge in [-0.2, -0.15) is 0 Å². The maximum Gasteiger partial charge on any atom is 0.173 e. The van der Waals surface area contributed by atoms with Crippen LogP contribution in [0, 0.1) is 11.8 Å². The van der Waals surface area contributed by atoms with Crippen molar-refractivity contribution < 1.29 is 9.53 Å². The number of ketones is 1. The number of carbonyl (C=O) groups is 1. The van der Waals surface area contributed by atoms with Gasteiger partial charge in [-0.1, -0.05) is 44.2 Å². The molecule has 1 aromatic carbocycles. The number of benzene rings is 1. The number of rotatable bonds is 6. The Labute approximate surface area is 145 Å². The molecule has 0 radical (unpaired) electrons. The molecule has 1 aromatic rings. The van der Waals surface area contributed by atoms with Crippen LogP contribution in [0.4, 0.5) is 0 Å². The summed E-state index contributed by atoms with van der Waals surface area (Å²) < 4.78 is 5.71. The summed E-state index contributed by atoms with van der Waals surface area (Å²) in [5.74, 6) is 1.93. The zero-order valence-electron chi connectivity index (χ0n) is 13.8. The lowest BCUT2D eigenvalue weighted by Gasteiger charge is -2.24. The molecule has 0 spiro atoms. The van der Waals surface area contributed by atoms with Crippen molar-refractivity contribution >= 4 is 18.2 Å². The zero-order chi connectivity index (χ0) is 15.2. The Balaban J connectivity index is 0.00000192. The number of hydrogen-bond acceptors (Lipinski definition) is 3. The summed E-state index contributed by atoms with van der Waals surface area (Å²) in [6.45, 7) is 2.53. The van der Waals surface area contributed by atoms with Crippen molar-refractivity contribution in [3.8, 4) is 5.75 Å². The maximum absolute atomic E-state index is 12.4. The van der Waals surface area contributed by atoms with Gasteiger partial charge in [0.15, 0.2) is 5.78 Å². The highest BCUT2D eigenvalue weighted by atomic mass is 35.5. The largest absolute Gasteiger partial charge is 0.492 e. The van der Waals surface area contributed by atoms with E-state index in [4.69, 9.17) is 4.74 Å². The standard InChI is InChI=1S/C19H27NO2.ClH/c21-19-16(14-22-18-9-5-4-8-17(18)19)11-13-20-12-10-15-6-2-1-3-7-15;/h4-5,8-9,15-16,20H,1-3,6-7,10-14H2;1H. The van der Waals surface area contributed by atoms with Crippen LogP contribution >= 0.6 is 12.4 Å². The van der Waals surface area contributed by atoms with Gasteiger partial charge >= 0.3 is 0 Å². The second kappa shape index (κ2) is 9.29. The van der Waals surface area contributed by atoms with Crippen molar-refractivity contribution in [3.05, 3.63) is 29.8 Å². The number of fused-ring (bicyclic) bond motifs is 1. The number of halogens is 1. The molecular weight excluding hydrogens is 310 g/mol. The van der Waals surface area contributed by atoms with Crippen molar-refractivity contribution in [2.45, 2.75) is 44.9 Å². The lowest BCUT2D eigenvalue weighted by molar-refractivity contribution is 0.0820. The van der Waals surface area contributed by atoms with Crippen molar-refractivity contribution in [2.24, 2.45) is 11.8 Å². The highest BCUT2D eigenvalue weighted by Crippen LogP contribution is 2.28. The fourth-order valence-corrected chi connectivity index (χ4v) is 3.68. The average Bonchev–Trinajstić information content (AvgIpc) is 2.58. The molecule has 0 bridgehead atoms. The minimum absolute atomic E-state index is 0. The van der Waals surface area contributed by atoms with Crippen LogP contribution in [0.3, 0.4) is 0 Å². The van der Waals surface area contributed by atoms with E-state index in [1.807, 2.05) is 24.3 Å². The number of nitrogens with one attached hydrogen (secondary N) is 1. The van der Waals surface area contributed by atoms with Gasteiger partial charge in [0.1, 0.15) is 5.75 Å². The van der Waals surface area contributed by atoms with Crippen LogP contribution in [-0.4, -0.2) is 25.5 Å². The van der Waals surface area contributed by atoms with Crippen LogP contribution in [0.2, 0.25) is 0 Å². The molecule has 4 heteroatoms. The van der Waals surface area contributed by atoms with Gasteiger partial charge in [-0.05, 0) is 44.0 Å². The van der Waals surface area contributed by atoms with E-state index in [0.29, 0.717) is 6.61 Å². The molecule has 1 unspecified atom stereocenters. The number of para-hydroxylation sites is 1. The summed E-state index contributed by atoms with van der Waals surface area (Å²) in [6, 6.07) is 7.58. The van der Waals surface area contributed by atoms with Crippen LogP contribution in [0.1, 0.15) is 55.3 Å². The molecule has 1 aliphatic heterocycles. The molecule has 23 heavy (non-hydrogen) atoms. The molecule has 2 aliphatic rings. The molecule has 0 saturated heterocycles. The minimum atomic E-state index is 0. The van der Waals surface area contributed by atoms with Crippen LogP contribution in [-0.2, 0) is 0 Å². The number of carbonyl (C=O) groups excluding carboxylic acids is 1. The summed E-state index contributed by atoms with van der Waals surface area (Å²) in [7, 11) is 0. The summed E-state index contributed by atoms with van der Waals surface area (Å²) in [5.41, 5.74) is 0.751. The molecule has 0 aromatic heterocycles. The van der Waals surface area contributed by atoms with Gasteiger partial charge in [0.2, 0.25) is 0 Å². The van der Waals surface area contributed by atoms with Gasteiger partial charge in [0.25, 0.3) is 0 Å². The van der Waals surface area contributed by atoms with Crippen LogP contribution in [0.25, 0.3) is 0 Å². The van der Waals surface area contributed by atoms with E-state index < -0.39 is 0 Å². The molecule has 3 rings (SSSR count). The lowest BCUT2D eigenvalue weighted by atomic mass is 9.87. The normalized spacial score (nSPS) is 21.2. The Hall–Kier alpha value is -1.06. The summed E-state index contributed by atoms with van der Waals surface area (Å²) >= 11 is 0. The van der Waals surface area contributed by atoms with Gasteiger partial charge in [-0.25, -0.2) is 0 Å².